The first kappa shape index (κ1) is 11.4. The Kier molecular flexibility index (Phi) is 3.65. The molecule has 1 unspecified atom stereocenters. The molecule has 0 N–H and O–H groups in total. The predicted molar refractivity (Wildman–Crippen MR) is 64.2 cm³/mol. The zero-order valence-electron chi connectivity index (χ0n) is 8.38. The van der Waals surface area contributed by atoms with E-state index in [1.54, 1.807) is 6.20 Å². The van der Waals surface area contributed by atoms with Gasteiger partial charge in [0.2, 0.25) is 0 Å². The van der Waals surface area contributed by atoms with Crippen molar-refractivity contribution >= 4 is 27.5 Å². The van der Waals surface area contributed by atoms with Gasteiger partial charge in [-0.05, 0) is 40.4 Å². The van der Waals surface area contributed by atoms with Gasteiger partial charge in [0.25, 0.3) is 0 Å². The third kappa shape index (κ3) is 2.71. The molecule has 1 fully saturated rings. The number of hydrogen-bond acceptors (Lipinski definition) is 2. The summed E-state index contributed by atoms with van der Waals surface area (Å²) in [7, 11) is 0. The van der Waals surface area contributed by atoms with Crippen LogP contribution in [0, 0.1) is 5.41 Å². The number of pyridine rings is 1. The Balaban J connectivity index is 2.12. The van der Waals surface area contributed by atoms with Gasteiger partial charge in [-0.15, -0.1) is 11.6 Å². The molecule has 0 aromatic carbocycles. The Morgan fingerprint density at radius 1 is 1.53 bits per heavy atom. The van der Waals surface area contributed by atoms with E-state index in [4.69, 9.17) is 16.3 Å². The molecule has 1 aliphatic rings. The van der Waals surface area contributed by atoms with Crippen LogP contribution in [0.3, 0.4) is 0 Å². The average Bonchev–Trinajstić information content (AvgIpc) is 2.67. The monoisotopic (exact) mass is 289 g/mol. The van der Waals surface area contributed by atoms with Crippen LogP contribution in [0.4, 0.5) is 0 Å². The number of aromatic nitrogens is 1. The van der Waals surface area contributed by atoms with E-state index in [-0.39, 0.29) is 5.41 Å². The van der Waals surface area contributed by atoms with Crippen LogP contribution in [0.15, 0.2) is 22.9 Å². The van der Waals surface area contributed by atoms with E-state index >= 15 is 0 Å². The Labute approximate surface area is 103 Å². The summed E-state index contributed by atoms with van der Waals surface area (Å²) in [6.45, 7) is 1.59. The fourth-order valence-corrected chi connectivity index (χ4v) is 2.64. The summed E-state index contributed by atoms with van der Waals surface area (Å²) in [5.41, 5.74) is 1.33. The molecule has 1 aromatic rings. The Morgan fingerprint density at radius 2 is 2.40 bits per heavy atom. The standard InChI is InChI=1S/C11H13BrClNO/c12-10-3-9(5-14-6-10)4-11(7-13)1-2-15-8-11/h3,5-6H,1-2,4,7-8H2. The number of nitrogens with zero attached hydrogens (tertiary/aromatic N) is 1. The van der Waals surface area contributed by atoms with Crippen LogP contribution in [-0.4, -0.2) is 24.1 Å². The Bertz CT molecular complexity index is 339. The molecule has 1 aliphatic heterocycles. The van der Waals surface area contributed by atoms with Crippen LogP contribution >= 0.6 is 27.5 Å². The van der Waals surface area contributed by atoms with Crippen molar-refractivity contribution in [3.8, 4) is 0 Å². The van der Waals surface area contributed by atoms with E-state index in [0.29, 0.717) is 5.88 Å². The van der Waals surface area contributed by atoms with Crippen LogP contribution in [-0.2, 0) is 11.2 Å². The molecule has 15 heavy (non-hydrogen) atoms. The highest BCUT2D eigenvalue weighted by molar-refractivity contribution is 9.10. The van der Waals surface area contributed by atoms with E-state index in [2.05, 4.69) is 27.0 Å². The summed E-state index contributed by atoms with van der Waals surface area (Å²) in [5.74, 6) is 0.652. The van der Waals surface area contributed by atoms with E-state index in [1.807, 2.05) is 6.20 Å². The number of ether oxygens (including phenoxy) is 1. The smallest absolute Gasteiger partial charge is 0.0537 e. The van der Waals surface area contributed by atoms with E-state index in [1.165, 1.54) is 5.56 Å². The summed E-state index contributed by atoms with van der Waals surface area (Å²) < 4.78 is 6.45. The average molecular weight is 291 g/mol. The van der Waals surface area contributed by atoms with Gasteiger partial charge in [0.05, 0.1) is 6.61 Å². The second-order valence-corrected chi connectivity index (χ2v) is 5.31. The molecule has 4 heteroatoms. The molecular weight excluding hydrogens is 277 g/mol. The summed E-state index contributed by atoms with van der Waals surface area (Å²) in [4.78, 5) is 4.16. The first-order valence-electron chi connectivity index (χ1n) is 4.97. The van der Waals surface area contributed by atoms with Crippen LogP contribution in [0.2, 0.25) is 0 Å². The molecule has 0 aliphatic carbocycles. The minimum atomic E-state index is 0.115. The number of halogens is 2. The van der Waals surface area contributed by atoms with Gasteiger partial charge >= 0.3 is 0 Å². The van der Waals surface area contributed by atoms with Gasteiger partial charge in [-0.1, -0.05) is 0 Å². The molecule has 0 saturated carbocycles. The van der Waals surface area contributed by atoms with E-state index < -0.39 is 0 Å². The van der Waals surface area contributed by atoms with Crippen molar-refractivity contribution in [3.05, 3.63) is 28.5 Å². The molecular formula is C11H13BrClNO. The van der Waals surface area contributed by atoms with Gasteiger partial charge in [0.15, 0.2) is 0 Å². The molecule has 0 bridgehead atoms. The zero-order chi connectivity index (χ0) is 10.7. The fraction of sp³-hybridized carbons (Fsp3) is 0.545. The van der Waals surface area contributed by atoms with Gasteiger partial charge in [-0.3, -0.25) is 4.98 Å². The topological polar surface area (TPSA) is 22.1 Å². The summed E-state index contributed by atoms with van der Waals surface area (Å²) >= 11 is 9.47. The second kappa shape index (κ2) is 4.81. The maximum absolute atomic E-state index is 6.04. The van der Waals surface area contributed by atoms with Gasteiger partial charge in [0.1, 0.15) is 0 Å². The van der Waals surface area contributed by atoms with E-state index in [9.17, 15) is 0 Å². The van der Waals surface area contributed by atoms with Gasteiger partial charge in [0, 0.05) is 34.8 Å². The molecule has 2 rings (SSSR count). The fourth-order valence-electron chi connectivity index (χ4n) is 1.93. The maximum Gasteiger partial charge on any atom is 0.0537 e. The van der Waals surface area contributed by atoms with Crippen molar-refractivity contribution in [2.75, 3.05) is 19.1 Å². The first-order chi connectivity index (χ1) is 7.24. The number of hydrogen-bond donors (Lipinski definition) is 0. The van der Waals surface area contributed by atoms with Gasteiger partial charge in [-0.25, -0.2) is 0 Å². The minimum Gasteiger partial charge on any atom is -0.381 e. The van der Waals surface area contributed by atoms with Crippen LogP contribution < -0.4 is 0 Å². The highest BCUT2D eigenvalue weighted by Gasteiger charge is 2.34. The minimum absolute atomic E-state index is 0.115. The SMILES string of the molecule is ClCC1(Cc2cncc(Br)c2)CCOC1. The molecule has 0 radical (unpaired) electrons. The molecule has 1 atom stereocenters. The Morgan fingerprint density at radius 3 is 3.00 bits per heavy atom. The van der Waals surface area contributed by atoms with Crippen molar-refractivity contribution in [2.45, 2.75) is 12.8 Å². The molecule has 0 spiro atoms. The van der Waals surface area contributed by atoms with Crippen LogP contribution in [0.1, 0.15) is 12.0 Å². The molecule has 2 nitrogen and oxygen atoms in total. The lowest BCUT2D eigenvalue weighted by Crippen LogP contribution is -2.26. The zero-order valence-corrected chi connectivity index (χ0v) is 10.7. The summed E-state index contributed by atoms with van der Waals surface area (Å²) in [6, 6.07) is 2.10. The van der Waals surface area contributed by atoms with Crippen LogP contribution in [0.5, 0.6) is 0 Å². The first-order valence-corrected chi connectivity index (χ1v) is 6.30. The molecule has 82 valence electrons. The molecule has 2 heterocycles. The Hall–Kier alpha value is -0.120. The molecule has 1 saturated heterocycles. The third-order valence-electron chi connectivity index (χ3n) is 2.81. The van der Waals surface area contributed by atoms with Gasteiger partial charge in [-0.2, -0.15) is 0 Å². The van der Waals surface area contributed by atoms with Crippen molar-refractivity contribution < 1.29 is 4.74 Å². The largest absolute Gasteiger partial charge is 0.381 e. The quantitative estimate of drug-likeness (QED) is 0.798. The lowest BCUT2D eigenvalue weighted by Gasteiger charge is -2.24. The summed E-state index contributed by atoms with van der Waals surface area (Å²) in [5, 5.41) is 0. The normalized spacial score (nSPS) is 25.7. The molecule has 1 aromatic heterocycles. The number of rotatable bonds is 3. The van der Waals surface area contributed by atoms with Gasteiger partial charge < -0.3 is 4.74 Å². The van der Waals surface area contributed by atoms with Crippen molar-refractivity contribution in [1.29, 1.82) is 0 Å². The maximum atomic E-state index is 6.04. The van der Waals surface area contributed by atoms with Crippen LogP contribution in [0.25, 0.3) is 0 Å². The third-order valence-corrected chi connectivity index (χ3v) is 3.81. The highest BCUT2D eigenvalue weighted by Crippen LogP contribution is 2.34. The lowest BCUT2D eigenvalue weighted by molar-refractivity contribution is 0.161. The highest BCUT2D eigenvalue weighted by atomic mass is 79.9. The van der Waals surface area contributed by atoms with E-state index in [0.717, 1.165) is 30.5 Å². The predicted octanol–water partition coefficient (Wildman–Crippen LogP) is 3.03. The van der Waals surface area contributed by atoms with Crippen molar-refractivity contribution in [2.24, 2.45) is 5.41 Å². The summed E-state index contributed by atoms with van der Waals surface area (Å²) in [6.07, 6.45) is 5.69. The second-order valence-electron chi connectivity index (χ2n) is 4.12. The number of alkyl halides is 1. The van der Waals surface area contributed by atoms with Crippen molar-refractivity contribution in [1.82, 2.24) is 4.98 Å². The molecule has 0 amide bonds. The lowest BCUT2D eigenvalue weighted by atomic mass is 9.83. The van der Waals surface area contributed by atoms with Crippen molar-refractivity contribution in [3.63, 3.8) is 0 Å².